The lowest BCUT2D eigenvalue weighted by Crippen LogP contribution is -2.46. The number of piperazine rings is 1. The summed E-state index contributed by atoms with van der Waals surface area (Å²) in [4.78, 5) is 5.00. The van der Waals surface area contributed by atoms with Crippen LogP contribution in [-0.2, 0) is 0 Å². The standard InChI is InChI=1S/C21H26N2O/c1-18-8-3-5-11-20(18)23-16-14-22(15-17-23)13-7-10-19-9-4-6-12-21(19)24-2/h3-12H,13-17H2,1-2H3. The van der Waals surface area contributed by atoms with Crippen molar-refractivity contribution in [1.29, 1.82) is 0 Å². The fourth-order valence-corrected chi connectivity index (χ4v) is 3.22. The van der Waals surface area contributed by atoms with Crippen molar-refractivity contribution in [3.05, 3.63) is 65.7 Å². The Bertz CT molecular complexity index is 688. The van der Waals surface area contributed by atoms with Crippen LogP contribution in [0.2, 0.25) is 0 Å². The van der Waals surface area contributed by atoms with Gasteiger partial charge in [-0.15, -0.1) is 0 Å². The van der Waals surface area contributed by atoms with Gasteiger partial charge in [0.2, 0.25) is 0 Å². The van der Waals surface area contributed by atoms with Gasteiger partial charge in [0.25, 0.3) is 0 Å². The Morgan fingerprint density at radius 3 is 2.42 bits per heavy atom. The van der Waals surface area contributed by atoms with Crippen LogP contribution in [0.5, 0.6) is 5.75 Å². The van der Waals surface area contributed by atoms with E-state index in [1.54, 1.807) is 7.11 Å². The molecule has 1 heterocycles. The molecule has 0 unspecified atom stereocenters. The smallest absolute Gasteiger partial charge is 0.126 e. The maximum atomic E-state index is 5.39. The predicted octanol–water partition coefficient (Wildman–Crippen LogP) is 3.84. The molecular weight excluding hydrogens is 296 g/mol. The maximum Gasteiger partial charge on any atom is 0.126 e. The highest BCUT2D eigenvalue weighted by Gasteiger charge is 2.17. The number of anilines is 1. The molecule has 0 radical (unpaired) electrons. The topological polar surface area (TPSA) is 15.7 Å². The normalized spacial score (nSPS) is 15.8. The third-order valence-electron chi connectivity index (χ3n) is 4.63. The van der Waals surface area contributed by atoms with Crippen LogP contribution in [0, 0.1) is 6.92 Å². The molecule has 3 rings (SSSR count). The number of methoxy groups -OCH3 is 1. The number of para-hydroxylation sites is 2. The number of ether oxygens (including phenoxy) is 1. The summed E-state index contributed by atoms with van der Waals surface area (Å²) in [7, 11) is 1.72. The van der Waals surface area contributed by atoms with Gasteiger partial charge in [-0.05, 0) is 24.6 Å². The highest BCUT2D eigenvalue weighted by atomic mass is 16.5. The van der Waals surface area contributed by atoms with Gasteiger partial charge in [-0.25, -0.2) is 0 Å². The van der Waals surface area contributed by atoms with Crippen molar-refractivity contribution >= 4 is 11.8 Å². The van der Waals surface area contributed by atoms with E-state index in [1.165, 1.54) is 11.3 Å². The lowest BCUT2D eigenvalue weighted by Gasteiger charge is -2.36. The second kappa shape index (κ2) is 8.02. The zero-order chi connectivity index (χ0) is 16.8. The molecule has 0 amide bonds. The van der Waals surface area contributed by atoms with E-state index in [1.807, 2.05) is 18.2 Å². The van der Waals surface area contributed by atoms with Crippen molar-refractivity contribution in [3.63, 3.8) is 0 Å². The van der Waals surface area contributed by atoms with Gasteiger partial charge in [-0.2, -0.15) is 0 Å². The van der Waals surface area contributed by atoms with Crippen LogP contribution in [0.15, 0.2) is 54.6 Å². The third-order valence-corrected chi connectivity index (χ3v) is 4.63. The van der Waals surface area contributed by atoms with Crippen LogP contribution < -0.4 is 9.64 Å². The van der Waals surface area contributed by atoms with Gasteiger partial charge in [0.05, 0.1) is 7.11 Å². The van der Waals surface area contributed by atoms with Crippen molar-refractivity contribution in [2.75, 3.05) is 44.7 Å². The number of benzene rings is 2. The van der Waals surface area contributed by atoms with Gasteiger partial charge >= 0.3 is 0 Å². The number of rotatable bonds is 5. The zero-order valence-corrected chi connectivity index (χ0v) is 14.6. The van der Waals surface area contributed by atoms with Gasteiger partial charge in [0.15, 0.2) is 0 Å². The van der Waals surface area contributed by atoms with Crippen molar-refractivity contribution in [2.45, 2.75) is 6.92 Å². The first-order valence-corrected chi connectivity index (χ1v) is 8.60. The number of aryl methyl sites for hydroxylation is 1. The van der Waals surface area contributed by atoms with E-state index in [2.05, 4.69) is 59.2 Å². The van der Waals surface area contributed by atoms with Gasteiger partial charge < -0.3 is 9.64 Å². The maximum absolute atomic E-state index is 5.39. The Kier molecular flexibility index (Phi) is 5.55. The van der Waals surface area contributed by atoms with E-state index in [-0.39, 0.29) is 0 Å². The van der Waals surface area contributed by atoms with Crippen LogP contribution in [0.4, 0.5) is 5.69 Å². The average Bonchev–Trinajstić information content (AvgIpc) is 2.63. The Morgan fingerprint density at radius 2 is 1.67 bits per heavy atom. The number of nitrogens with zero attached hydrogens (tertiary/aromatic N) is 2. The molecule has 0 aromatic heterocycles. The van der Waals surface area contributed by atoms with Gasteiger partial charge in [0.1, 0.15) is 5.75 Å². The van der Waals surface area contributed by atoms with Gasteiger partial charge in [-0.1, -0.05) is 48.6 Å². The molecule has 24 heavy (non-hydrogen) atoms. The number of hydrogen-bond donors (Lipinski definition) is 0. The lowest BCUT2D eigenvalue weighted by atomic mass is 10.1. The van der Waals surface area contributed by atoms with E-state index < -0.39 is 0 Å². The minimum atomic E-state index is 0.929. The minimum absolute atomic E-state index is 0.929. The fourth-order valence-electron chi connectivity index (χ4n) is 3.22. The van der Waals surface area contributed by atoms with Crippen LogP contribution >= 0.6 is 0 Å². The van der Waals surface area contributed by atoms with E-state index in [0.717, 1.165) is 44.0 Å². The molecule has 0 saturated carbocycles. The molecule has 126 valence electrons. The second-order valence-electron chi connectivity index (χ2n) is 6.22. The molecule has 3 heteroatoms. The van der Waals surface area contributed by atoms with Crippen LogP contribution in [0.25, 0.3) is 6.08 Å². The molecule has 0 bridgehead atoms. The van der Waals surface area contributed by atoms with Crippen molar-refractivity contribution in [3.8, 4) is 5.75 Å². The molecule has 1 saturated heterocycles. The summed E-state index contributed by atoms with van der Waals surface area (Å²) in [6.45, 7) is 7.56. The quantitative estimate of drug-likeness (QED) is 0.832. The first-order chi connectivity index (χ1) is 11.8. The van der Waals surface area contributed by atoms with E-state index in [0.29, 0.717) is 0 Å². The molecule has 0 aliphatic carbocycles. The van der Waals surface area contributed by atoms with Crippen LogP contribution in [0.3, 0.4) is 0 Å². The van der Waals surface area contributed by atoms with Crippen LogP contribution in [0.1, 0.15) is 11.1 Å². The highest BCUT2D eigenvalue weighted by molar-refractivity contribution is 5.57. The molecule has 0 atom stereocenters. The first-order valence-electron chi connectivity index (χ1n) is 8.60. The summed E-state index contributed by atoms with van der Waals surface area (Å²) >= 11 is 0. The SMILES string of the molecule is COc1ccccc1C=CCN1CCN(c2ccccc2C)CC1. The minimum Gasteiger partial charge on any atom is -0.496 e. The fraction of sp³-hybridized carbons (Fsp3) is 0.333. The van der Waals surface area contributed by atoms with Gasteiger partial charge in [0, 0.05) is 44.0 Å². The summed E-state index contributed by atoms with van der Waals surface area (Å²) in [6, 6.07) is 16.8. The Labute approximate surface area is 145 Å². The Balaban J connectivity index is 1.52. The Morgan fingerprint density at radius 1 is 0.958 bits per heavy atom. The predicted molar refractivity (Wildman–Crippen MR) is 102 cm³/mol. The monoisotopic (exact) mass is 322 g/mol. The third kappa shape index (κ3) is 3.98. The molecule has 1 aliphatic rings. The van der Waals surface area contributed by atoms with E-state index >= 15 is 0 Å². The largest absolute Gasteiger partial charge is 0.496 e. The summed E-state index contributed by atoms with van der Waals surface area (Å²) < 4.78 is 5.39. The summed E-state index contributed by atoms with van der Waals surface area (Å²) in [5.41, 5.74) is 3.88. The summed E-state index contributed by atoms with van der Waals surface area (Å²) in [5.74, 6) is 0.929. The molecular formula is C21H26N2O. The molecule has 1 fully saturated rings. The van der Waals surface area contributed by atoms with Crippen molar-refractivity contribution in [1.82, 2.24) is 4.90 Å². The first kappa shape index (κ1) is 16.6. The molecule has 3 nitrogen and oxygen atoms in total. The molecule has 0 spiro atoms. The zero-order valence-electron chi connectivity index (χ0n) is 14.6. The summed E-state index contributed by atoms with van der Waals surface area (Å²) in [6.07, 6.45) is 4.40. The summed E-state index contributed by atoms with van der Waals surface area (Å²) in [5, 5.41) is 0. The molecule has 2 aromatic carbocycles. The second-order valence-corrected chi connectivity index (χ2v) is 6.22. The Hall–Kier alpha value is -2.26. The van der Waals surface area contributed by atoms with Crippen molar-refractivity contribution in [2.24, 2.45) is 0 Å². The van der Waals surface area contributed by atoms with Gasteiger partial charge in [-0.3, -0.25) is 4.90 Å². The lowest BCUT2D eigenvalue weighted by molar-refractivity contribution is 0.284. The van der Waals surface area contributed by atoms with Crippen LogP contribution in [-0.4, -0.2) is 44.7 Å². The molecule has 2 aromatic rings. The molecule has 0 N–H and O–H groups in total. The average molecular weight is 322 g/mol. The van der Waals surface area contributed by atoms with E-state index in [4.69, 9.17) is 4.74 Å². The number of hydrogen-bond acceptors (Lipinski definition) is 3. The molecule has 1 aliphatic heterocycles. The van der Waals surface area contributed by atoms with Crippen molar-refractivity contribution < 1.29 is 4.74 Å². The highest BCUT2D eigenvalue weighted by Crippen LogP contribution is 2.21. The van der Waals surface area contributed by atoms with E-state index in [9.17, 15) is 0 Å².